The molecule has 0 aliphatic carbocycles. The molecular formula is C16H18N2O. The molecule has 0 aromatic carbocycles. The van der Waals surface area contributed by atoms with E-state index in [0.29, 0.717) is 17.3 Å². The Morgan fingerprint density at radius 1 is 1.47 bits per heavy atom. The van der Waals surface area contributed by atoms with Crippen LogP contribution in [-0.4, -0.2) is 10.9 Å². The standard InChI is InChI=1S/C16H18N2O/c1-5-7-14(8-6-2)18-16(19)15-10-9-13(11-17-15)12(3)4/h1,6-12H,2-4H3,(H,18,19)/b8-6-,14-7+. The molecule has 1 heterocycles. The molecule has 1 aromatic rings. The molecule has 3 heteroatoms. The lowest BCUT2D eigenvalue weighted by Crippen LogP contribution is -2.23. The van der Waals surface area contributed by atoms with Gasteiger partial charge in [0.25, 0.3) is 5.91 Å². The van der Waals surface area contributed by atoms with E-state index in [9.17, 15) is 4.79 Å². The van der Waals surface area contributed by atoms with Gasteiger partial charge in [-0.05, 0) is 30.5 Å². The third-order valence-electron chi connectivity index (χ3n) is 2.53. The van der Waals surface area contributed by atoms with Crippen LogP contribution < -0.4 is 5.32 Å². The summed E-state index contributed by atoms with van der Waals surface area (Å²) < 4.78 is 0. The fraction of sp³-hybridized carbons (Fsp3) is 0.250. The highest BCUT2D eigenvalue weighted by molar-refractivity contribution is 5.93. The first-order valence-electron chi connectivity index (χ1n) is 6.14. The zero-order valence-electron chi connectivity index (χ0n) is 11.5. The molecule has 1 rings (SSSR count). The zero-order valence-corrected chi connectivity index (χ0v) is 11.5. The first-order chi connectivity index (χ1) is 9.08. The molecular weight excluding hydrogens is 236 g/mol. The molecule has 0 spiro atoms. The molecule has 0 saturated carbocycles. The second kappa shape index (κ2) is 7.17. The topological polar surface area (TPSA) is 42.0 Å². The number of allylic oxidation sites excluding steroid dienone is 3. The quantitative estimate of drug-likeness (QED) is 0.663. The molecule has 1 aromatic heterocycles. The summed E-state index contributed by atoms with van der Waals surface area (Å²) in [5.74, 6) is 2.51. The first kappa shape index (κ1) is 14.7. The Morgan fingerprint density at radius 3 is 2.68 bits per heavy atom. The number of hydrogen-bond donors (Lipinski definition) is 1. The Bertz CT molecular complexity index is 531. The summed E-state index contributed by atoms with van der Waals surface area (Å²) in [5.41, 5.74) is 2.05. The SMILES string of the molecule is C#C/C=C(\C=C/C)NC(=O)c1ccc(C(C)C)cn1. The highest BCUT2D eigenvalue weighted by Crippen LogP contribution is 2.12. The molecule has 0 radical (unpaired) electrons. The summed E-state index contributed by atoms with van der Waals surface area (Å²) in [5, 5.41) is 2.71. The van der Waals surface area contributed by atoms with Gasteiger partial charge in [-0.1, -0.05) is 31.9 Å². The Kier molecular flexibility index (Phi) is 5.56. The van der Waals surface area contributed by atoms with Crippen molar-refractivity contribution in [2.24, 2.45) is 0 Å². The average Bonchev–Trinajstić information content (AvgIpc) is 2.39. The van der Waals surface area contributed by atoms with E-state index in [2.05, 4.69) is 30.1 Å². The number of carbonyl (C=O) groups excluding carboxylic acids is 1. The molecule has 1 N–H and O–H groups in total. The fourth-order valence-corrected chi connectivity index (χ4v) is 1.47. The van der Waals surface area contributed by atoms with Crippen LogP contribution in [0.2, 0.25) is 0 Å². The predicted octanol–water partition coefficient (Wildman–Crippen LogP) is 3.03. The van der Waals surface area contributed by atoms with Gasteiger partial charge in [0.2, 0.25) is 0 Å². The number of nitrogens with zero attached hydrogens (tertiary/aromatic N) is 1. The Morgan fingerprint density at radius 2 is 2.21 bits per heavy atom. The van der Waals surface area contributed by atoms with Gasteiger partial charge >= 0.3 is 0 Å². The van der Waals surface area contributed by atoms with E-state index in [0.717, 1.165) is 5.56 Å². The number of carbonyl (C=O) groups is 1. The molecule has 0 unspecified atom stereocenters. The molecule has 3 nitrogen and oxygen atoms in total. The monoisotopic (exact) mass is 254 g/mol. The Balaban J connectivity index is 2.83. The minimum atomic E-state index is -0.269. The maximum Gasteiger partial charge on any atom is 0.274 e. The van der Waals surface area contributed by atoms with Crippen LogP contribution in [0.1, 0.15) is 42.7 Å². The maximum atomic E-state index is 12.0. The molecule has 19 heavy (non-hydrogen) atoms. The van der Waals surface area contributed by atoms with Crippen LogP contribution in [0.3, 0.4) is 0 Å². The van der Waals surface area contributed by atoms with Crippen LogP contribution in [0.25, 0.3) is 0 Å². The van der Waals surface area contributed by atoms with Gasteiger partial charge in [0.05, 0.1) is 0 Å². The zero-order chi connectivity index (χ0) is 14.3. The van der Waals surface area contributed by atoms with Gasteiger partial charge in [-0.25, -0.2) is 0 Å². The second-order valence-corrected chi connectivity index (χ2v) is 4.35. The Labute approximate surface area is 114 Å². The van der Waals surface area contributed by atoms with Crippen LogP contribution in [0, 0.1) is 12.3 Å². The van der Waals surface area contributed by atoms with Crippen molar-refractivity contribution in [3.05, 3.63) is 53.5 Å². The molecule has 1 amide bonds. The van der Waals surface area contributed by atoms with E-state index < -0.39 is 0 Å². The summed E-state index contributed by atoms with van der Waals surface area (Å²) >= 11 is 0. The lowest BCUT2D eigenvalue weighted by Gasteiger charge is -2.07. The van der Waals surface area contributed by atoms with Crippen LogP contribution in [0.4, 0.5) is 0 Å². The van der Waals surface area contributed by atoms with Gasteiger partial charge in [-0.15, -0.1) is 6.42 Å². The number of amides is 1. The van der Waals surface area contributed by atoms with Gasteiger partial charge in [-0.2, -0.15) is 0 Å². The molecule has 0 aliphatic rings. The summed E-state index contributed by atoms with van der Waals surface area (Å²) in [6.07, 6.45) is 12.0. The van der Waals surface area contributed by atoms with Gasteiger partial charge in [-0.3, -0.25) is 9.78 Å². The molecule has 98 valence electrons. The normalized spacial score (nSPS) is 11.6. The predicted molar refractivity (Wildman–Crippen MR) is 77.5 cm³/mol. The van der Waals surface area contributed by atoms with E-state index in [1.165, 1.54) is 6.08 Å². The van der Waals surface area contributed by atoms with Crippen molar-refractivity contribution >= 4 is 5.91 Å². The highest BCUT2D eigenvalue weighted by atomic mass is 16.1. The van der Waals surface area contributed by atoms with Gasteiger partial charge in [0, 0.05) is 18.0 Å². The lowest BCUT2D eigenvalue weighted by atomic mass is 10.1. The van der Waals surface area contributed by atoms with Gasteiger partial charge < -0.3 is 5.32 Å². The first-order valence-corrected chi connectivity index (χ1v) is 6.14. The number of terminal acetylenes is 1. The second-order valence-electron chi connectivity index (χ2n) is 4.35. The van der Waals surface area contributed by atoms with Crippen LogP contribution in [0.15, 0.2) is 42.3 Å². The van der Waals surface area contributed by atoms with Crippen molar-refractivity contribution in [1.29, 1.82) is 0 Å². The van der Waals surface area contributed by atoms with Crippen molar-refractivity contribution in [2.75, 3.05) is 0 Å². The molecule has 0 bridgehead atoms. The summed E-state index contributed by atoms with van der Waals surface area (Å²) in [4.78, 5) is 16.1. The smallest absolute Gasteiger partial charge is 0.274 e. The third-order valence-corrected chi connectivity index (χ3v) is 2.53. The van der Waals surface area contributed by atoms with E-state index in [-0.39, 0.29) is 5.91 Å². The minimum absolute atomic E-state index is 0.269. The lowest BCUT2D eigenvalue weighted by molar-refractivity contribution is 0.0962. The Hall–Kier alpha value is -2.34. The van der Waals surface area contributed by atoms with Gasteiger partial charge in [0.1, 0.15) is 5.69 Å². The van der Waals surface area contributed by atoms with E-state index in [1.54, 1.807) is 24.4 Å². The van der Waals surface area contributed by atoms with Gasteiger partial charge in [0.15, 0.2) is 0 Å². The summed E-state index contributed by atoms with van der Waals surface area (Å²) in [7, 11) is 0. The number of nitrogens with one attached hydrogen (secondary N) is 1. The highest BCUT2D eigenvalue weighted by Gasteiger charge is 2.08. The minimum Gasteiger partial charge on any atom is -0.320 e. The molecule has 0 saturated heterocycles. The maximum absolute atomic E-state index is 12.0. The van der Waals surface area contributed by atoms with Crippen LogP contribution in [0.5, 0.6) is 0 Å². The number of pyridine rings is 1. The van der Waals surface area contributed by atoms with Crippen LogP contribution in [-0.2, 0) is 0 Å². The van der Waals surface area contributed by atoms with Crippen molar-refractivity contribution in [3.8, 4) is 12.3 Å². The van der Waals surface area contributed by atoms with Crippen LogP contribution >= 0.6 is 0 Å². The van der Waals surface area contributed by atoms with E-state index in [1.807, 2.05) is 13.0 Å². The average molecular weight is 254 g/mol. The largest absolute Gasteiger partial charge is 0.320 e. The number of aromatic nitrogens is 1. The van der Waals surface area contributed by atoms with Crippen molar-refractivity contribution in [2.45, 2.75) is 26.7 Å². The van der Waals surface area contributed by atoms with E-state index >= 15 is 0 Å². The third kappa shape index (κ3) is 4.44. The summed E-state index contributed by atoms with van der Waals surface area (Å²) in [6, 6.07) is 3.63. The van der Waals surface area contributed by atoms with Crippen molar-refractivity contribution in [1.82, 2.24) is 10.3 Å². The number of rotatable bonds is 4. The molecule has 0 atom stereocenters. The molecule has 0 fully saturated rings. The number of hydrogen-bond acceptors (Lipinski definition) is 2. The van der Waals surface area contributed by atoms with E-state index in [4.69, 9.17) is 6.42 Å². The fourth-order valence-electron chi connectivity index (χ4n) is 1.47. The summed E-state index contributed by atoms with van der Waals surface area (Å²) in [6.45, 7) is 6.01. The van der Waals surface area contributed by atoms with Crippen molar-refractivity contribution in [3.63, 3.8) is 0 Å². The van der Waals surface area contributed by atoms with Crippen molar-refractivity contribution < 1.29 is 4.79 Å². The molecule has 0 aliphatic heterocycles.